The molecule has 1 aromatic heterocycles. The third-order valence-corrected chi connectivity index (χ3v) is 6.31. The van der Waals surface area contributed by atoms with Gasteiger partial charge in [0.1, 0.15) is 23.7 Å². The highest BCUT2D eigenvalue weighted by atomic mass is 16.5. The fourth-order valence-corrected chi connectivity index (χ4v) is 4.38. The van der Waals surface area contributed by atoms with Crippen molar-refractivity contribution in [3.05, 3.63) is 77.9 Å². The second-order valence-corrected chi connectivity index (χ2v) is 8.55. The number of hydrogen-bond acceptors (Lipinski definition) is 5. The number of nitrogens with zero attached hydrogens (tertiary/aromatic N) is 2. The molecule has 0 spiro atoms. The number of aromatic nitrogens is 2. The van der Waals surface area contributed by atoms with Crippen molar-refractivity contribution in [1.29, 1.82) is 0 Å². The molecule has 1 fully saturated rings. The number of amides is 1. The van der Waals surface area contributed by atoms with Crippen LogP contribution >= 0.6 is 0 Å². The summed E-state index contributed by atoms with van der Waals surface area (Å²) in [6.07, 6.45) is 0.843. The van der Waals surface area contributed by atoms with Gasteiger partial charge in [0.2, 0.25) is 0 Å². The molecule has 3 aromatic carbocycles. The second kappa shape index (κ2) is 10.7. The number of carbonyl (C=O) groups excluding carboxylic acids is 1. The third kappa shape index (κ3) is 5.21. The Morgan fingerprint density at radius 1 is 1.06 bits per heavy atom. The predicted molar refractivity (Wildman–Crippen MR) is 138 cm³/mol. The summed E-state index contributed by atoms with van der Waals surface area (Å²) in [5.74, 6) is 1.27. The normalized spacial score (nSPS) is 14.2. The smallest absolute Gasteiger partial charge is 0.257 e. The van der Waals surface area contributed by atoms with E-state index in [1.807, 2.05) is 66.7 Å². The number of morpholine rings is 1. The lowest BCUT2D eigenvalue weighted by molar-refractivity contribution is 0.0323. The van der Waals surface area contributed by atoms with E-state index in [0.717, 1.165) is 67.3 Å². The Balaban J connectivity index is 1.38. The number of nitrogens with one attached hydrogen (secondary N) is 2. The summed E-state index contributed by atoms with van der Waals surface area (Å²) in [7, 11) is 0. The maximum Gasteiger partial charge on any atom is 0.257 e. The standard InChI is InChI=1S/C28H30N4O3/c1-2-20-8-3-5-11-23(20)30-28(33)22-10-7-12-24-26(22)31-27(29-24)21-9-4-6-13-25(21)35-19-16-32-14-17-34-18-15-32/h3-13H,2,14-19H2,1H3,(H,29,31)(H,30,33). The van der Waals surface area contributed by atoms with Gasteiger partial charge in [0.05, 0.1) is 29.9 Å². The Morgan fingerprint density at radius 2 is 1.86 bits per heavy atom. The van der Waals surface area contributed by atoms with E-state index in [4.69, 9.17) is 14.5 Å². The van der Waals surface area contributed by atoms with Gasteiger partial charge in [-0.3, -0.25) is 9.69 Å². The number of para-hydroxylation sites is 3. The molecule has 2 N–H and O–H groups in total. The van der Waals surface area contributed by atoms with Crippen LogP contribution in [-0.4, -0.2) is 60.2 Å². The lowest BCUT2D eigenvalue weighted by Gasteiger charge is -2.26. The Labute approximate surface area is 205 Å². The maximum absolute atomic E-state index is 13.2. The molecule has 35 heavy (non-hydrogen) atoms. The van der Waals surface area contributed by atoms with Gasteiger partial charge in [-0.25, -0.2) is 4.98 Å². The summed E-state index contributed by atoms with van der Waals surface area (Å²) in [6, 6.07) is 21.3. The van der Waals surface area contributed by atoms with Gasteiger partial charge in [0.25, 0.3) is 5.91 Å². The van der Waals surface area contributed by atoms with Gasteiger partial charge < -0.3 is 19.8 Å². The molecule has 1 saturated heterocycles. The molecule has 0 atom stereocenters. The van der Waals surface area contributed by atoms with E-state index < -0.39 is 0 Å². The van der Waals surface area contributed by atoms with E-state index in [0.29, 0.717) is 23.5 Å². The molecule has 1 aliphatic heterocycles. The van der Waals surface area contributed by atoms with Crippen LogP contribution in [0.15, 0.2) is 66.7 Å². The zero-order chi connectivity index (χ0) is 24.0. The van der Waals surface area contributed by atoms with Crippen LogP contribution in [0.4, 0.5) is 5.69 Å². The number of carbonyl (C=O) groups is 1. The first-order valence-corrected chi connectivity index (χ1v) is 12.1. The van der Waals surface area contributed by atoms with E-state index in [1.165, 1.54) is 0 Å². The average Bonchev–Trinajstić information content (AvgIpc) is 3.34. The quantitative estimate of drug-likeness (QED) is 0.388. The van der Waals surface area contributed by atoms with Gasteiger partial charge in [-0.05, 0) is 42.3 Å². The zero-order valence-electron chi connectivity index (χ0n) is 19.9. The van der Waals surface area contributed by atoms with E-state index in [9.17, 15) is 4.79 Å². The Bertz CT molecular complexity index is 1310. The number of H-pyrrole nitrogens is 1. The number of ether oxygens (including phenoxy) is 2. The van der Waals surface area contributed by atoms with Crippen LogP contribution in [0.2, 0.25) is 0 Å². The molecule has 0 bridgehead atoms. The van der Waals surface area contributed by atoms with E-state index in [1.54, 1.807) is 0 Å². The summed E-state index contributed by atoms with van der Waals surface area (Å²) in [5, 5.41) is 3.06. The zero-order valence-corrected chi connectivity index (χ0v) is 19.9. The van der Waals surface area contributed by atoms with Gasteiger partial charge in [0.15, 0.2) is 0 Å². The molecule has 0 saturated carbocycles. The topological polar surface area (TPSA) is 79.5 Å². The minimum atomic E-state index is -0.176. The molecule has 5 rings (SSSR count). The lowest BCUT2D eigenvalue weighted by atomic mass is 10.1. The van der Waals surface area contributed by atoms with Crippen LogP contribution < -0.4 is 10.1 Å². The summed E-state index contributed by atoms with van der Waals surface area (Å²) >= 11 is 0. The van der Waals surface area contributed by atoms with Crippen LogP contribution in [0.1, 0.15) is 22.8 Å². The number of anilines is 1. The summed E-state index contributed by atoms with van der Waals surface area (Å²) in [5.41, 5.74) is 4.76. The summed E-state index contributed by atoms with van der Waals surface area (Å²) in [6.45, 7) is 6.92. The molecule has 7 heteroatoms. The minimum Gasteiger partial charge on any atom is -0.491 e. The van der Waals surface area contributed by atoms with Gasteiger partial charge in [-0.1, -0.05) is 43.3 Å². The number of benzene rings is 3. The second-order valence-electron chi connectivity index (χ2n) is 8.55. The van der Waals surface area contributed by atoms with Crippen molar-refractivity contribution >= 4 is 22.6 Å². The number of hydrogen-bond donors (Lipinski definition) is 2. The van der Waals surface area contributed by atoms with Crippen LogP contribution in [0.25, 0.3) is 22.4 Å². The molecule has 4 aromatic rings. The first-order valence-electron chi connectivity index (χ1n) is 12.1. The van der Waals surface area contributed by atoms with Crippen molar-refractivity contribution in [3.63, 3.8) is 0 Å². The van der Waals surface area contributed by atoms with Crippen molar-refractivity contribution in [1.82, 2.24) is 14.9 Å². The first-order chi connectivity index (χ1) is 17.2. The molecule has 0 aliphatic carbocycles. The fraction of sp³-hybridized carbons (Fsp3) is 0.286. The number of fused-ring (bicyclic) bond motifs is 1. The Kier molecular flexibility index (Phi) is 7.07. The molecule has 0 radical (unpaired) electrons. The highest BCUT2D eigenvalue weighted by Crippen LogP contribution is 2.30. The first kappa shape index (κ1) is 23.1. The van der Waals surface area contributed by atoms with Crippen LogP contribution in [0, 0.1) is 0 Å². The molecular weight excluding hydrogens is 440 g/mol. The highest BCUT2D eigenvalue weighted by molar-refractivity contribution is 6.12. The Hall–Kier alpha value is -3.68. The molecule has 2 heterocycles. The van der Waals surface area contributed by atoms with Crippen molar-refractivity contribution in [2.45, 2.75) is 13.3 Å². The fourth-order valence-electron chi connectivity index (χ4n) is 4.38. The highest BCUT2D eigenvalue weighted by Gasteiger charge is 2.17. The van der Waals surface area contributed by atoms with Crippen LogP contribution in [0.3, 0.4) is 0 Å². The predicted octanol–water partition coefficient (Wildman–Crippen LogP) is 4.76. The van der Waals surface area contributed by atoms with Gasteiger partial charge in [-0.2, -0.15) is 0 Å². The van der Waals surface area contributed by atoms with Crippen molar-refractivity contribution in [2.24, 2.45) is 0 Å². The number of aromatic amines is 1. The average molecular weight is 471 g/mol. The van der Waals surface area contributed by atoms with Crippen LogP contribution in [-0.2, 0) is 11.2 Å². The SMILES string of the molecule is CCc1ccccc1NC(=O)c1cccc2[nH]c(-c3ccccc3OCCN3CCOCC3)nc12. The molecule has 1 aliphatic rings. The van der Waals surface area contributed by atoms with Gasteiger partial charge in [-0.15, -0.1) is 0 Å². The van der Waals surface area contributed by atoms with Gasteiger partial charge >= 0.3 is 0 Å². The summed E-state index contributed by atoms with van der Waals surface area (Å²) in [4.78, 5) is 23.7. The molecule has 1 amide bonds. The van der Waals surface area contributed by atoms with Crippen molar-refractivity contribution < 1.29 is 14.3 Å². The van der Waals surface area contributed by atoms with Crippen molar-refractivity contribution in [2.75, 3.05) is 44.8 Å². The van der Waals surface area contributed by atoms with E-state index in [2.05, 4.69) is 22.1 Å². The molecule has 7 nitrogen and oxygen atoms in total. The maximum atomic E-state index is 13.2. The van der Waals surface area contributed by atoms with Gasteiger partial charge in [0, 0.05) is 25.3 Å². The number of rotatable bonds is 8. The Morgan fingerprint density at radius 3 is 2.71 bits per heavy atom. The number of aryl methyl sites for hydroxylation is 1. The summed E-state index contributed by atoms with van der Waals surface area (Å²) < 4.78 is 11.6. The molecule has 0 unspecified atom stereocenters. The number of imidazole rings is 1. The minimum absolute atomic E-state index is 0.176. The monoisotopic (exact) mass is 470 g/mol. The molecule has 180 valence electrons. The lowest BCUT2D eigenvalue weighted by Crippen LogP contribution is -2.38. The third-order valence-electron chi connectivity index (χ3n) is 6.31. The van der Waals surface area contributed by atoms with Crippen LogP contribution in [0.5, 0.6) is 5.75 Å². The van der Waals surface area contributed by atoms with E-state index in [-0.39, 0.29) is 5.91 Å². The molecular formula is C28H30N4O3. The van der Waals surface area contributed by atoms with Crippen molar-refractivity contribution in [3.8, 4) is 17.1 Å². The largest absolute Gasteiger partial charge is 0.491 e. The van der Waals surface area contributed by atoms with E-state index >= 15 is 0 Å².